The Morgan fingerprint density at radius 1 is 1.33 bits per heavy atom. The third kappa shape index (κ3) is 2.33. The molecule has 0 N–H and O–H groups in total. The average Bonchev–Trinajstić information content (AvgIpc) is 3.28. The molecule has 0 saturated carbocycles. The summed E-state index contributed by atoms with van der Waals surface area (Å²) in [6.07, 6.45) is 4.32. The number of imide groups is 1. The van der Waals surface area contributed by atoms with Crippen LogP contribution in [0.1, 0.15) is 42.8 Å². The first-order valence-electron chi connectivity index (χ1n) is 9.11. The van der Waals surface area contributed by atoms with Crippen LogP contribution in [0.4, 0.5) is 4.79 Å². The summed E-state index contributed by atoms with van der Waals surface area (Å²) < 4.78 is 1.89. The van der Waals surface area contributed by atoms with E-state index >= 15 is 0 Å². The van der Waals surface area contributed by atoms with E-state index in [0.717, 1.165) is 52.1 Å². The Bertz CT molecular complexity index is 986. The summed E-state index contributed by atoms with van der Waals surface area (Å²) in [5.41, 5.74) is 3.87. The zero-order valence-electron chi connectivity index (χ0n) is 15.1. The summed E-state index contributed by atoms with van der Waals surface area (Å²) in [6, 6.07) is 1.17. The summed E-state index contributed by atoms with van der Waals surface area (Å²) in [6.45, 7) is 3.59. The number of rotatable bonds is 2. The number of fused-ring (bicyclic) bond motifs is 6. The van der Waals surface area contributed by atoms with Gasteiger partial charge in [-0.15, -0.1) is 0 Å². The molecule has 8 nitrogen and oxygen atoms in total. The smallest absolute Gasteiger partial charge is 0.289 e. The molecule has 140 valence electrons. The third-order valence-corrected chi connectivity index (χ3v) is 6.65. The molecule has 9 heteroatoms. The summed E-state index contributed by atoms with van der Waals surface area (Å²) >= 11 is 0.960. The average molecular weight is 385 g/mol. The number of aromatic nitrogens is 3. The van der Waals surface area contributed by atoms with Crippen molar-refractivity contribution in [2.75, 3.05) is 5.75 Å². The van der Waals surface area contributed by atoms with Gasteiger partial charge >= 0.3 is 0 Å². The zero-order valence-corrected chi connectivity index (χ0v) is 15.9. The molecular formula is C18H19N5O3S. The number of hydrogen-bond acceptors (Lipinski definition) is 6. The molecule has 2 fully saturated rings. The minimum absolute atomic E-state index is 0.0630. The third-order valence-electron chi connectivity index (χ3n) is 5.81. The van der Waals surface area contributed by atoms with Gasteiger partial charge in [-0.25, -0.2) is 9.50 Å². The number of carbonyl (C=O) groups is 3. The number of thioether (sulfide) groups is 1. The van der Waals surface area contributed by atoms with Crippen molar-refractivity contribution >= 4 is 34.5 Å². The molecule has 5 heterocycles. The lowest BCUT2D eigenvalue weighted by Crippen LogP contribution is -2.52. The van der Waals surface area contributed by atoms with E-state index in [1.54, 1.807) is 6.92 Å². The van der Waals surface area contributed by atoms with Crippen LogP contribution in [0.25, 0.3) is 5.65 Å². The second-order valence-electron chi connectivity index (χ2n) is 7.41. The summed E-state index contributed by atoms with van der Waals surface area (Å²) in [5, 5.41) is 4.23. The number of hydrogen-bond donors (Lipinski definition) is 0. The molecule has 2 bridgehead atoms. The van der Waals surface area contributed by atoms with Crippen LogP contribution in [0.5, 0.6) is 0 Å². The fourth-order valence-electron chi connectivity index (χ4n) is 4.60. The molecule has 3 amide bonds. The van der Waals surface area contributed by atoms with Crippen molar-refractivity contribution in [2.45, 2.75) is 51.2 Å². The monoisotopic (exact) mass is 385 g/mol. The van der Waals surface area contributed by atoms with E-state index in [4.69, 9.17) is 0 Å². The Morgan fingerprint density at radius 3 is 2.89 bits per heavy atom. The lowest BCUT2D eigenvalue weighted by atomic mass is 9.98. The van der Waals surface area contributed by atoms with Crippen LogP contribution in [0.15, 0.2) is 12.3 Å². The predicted octanol–water partition coefficient (Wildman–Crippen LogP) is 1.71. The molecule has 2 aromatic rings. The van der Waals surface area contributed by atoms with Crippen LogP contribution < -0.4 is 0 Å². The molecule has 2 aromatic heterocycles. The molecule has 3 atom stereocenters. The Morgan fingerprint density at radius 2 is 2.15 bits per heavy atom. The molecule has 0 aromatic carbocycles. The van der Waals surface area contributed by atoms with E-state index in [1.165, 1.54) is 0 Å². The number of amides is 3. The van der Waals surface area contributed by atoms with Crippen LogP contribution in [0, 0.1) is 6.92 Å². The second kappa shape index (κ2) is 5.79. The second-order valence-corrected chi connectivity index (χ2v) is 8.33. The quantitative estimate of drug-likeness (QED) is 0.782. The van der Waals surface area contributed by atoms with Gasteiger partial charge in [0, 0.05) is 30.3 Å². The molecule has 27 heavy (non-hydrogen) atoms. The maximum absolute atomic E-state index is 13.2. The highest BCUT2D eigenvalue weighted by Crippen LogP contribution is 2.44. The van der Waals surface area contributed by atoms with E-state index in [1.807, 2.05) is 28.6 Å². The largest absolute Gasteiger partial charge is 0.330 e. The van der Waals surface area contributed by atoms with E-state index in [-0.39, 0.29) is 34.9 Å². The van der Waals surface area contributed by atoms with Crippen molar-refractivity contribution in [3.63, 3.8) is 0 Å². The summed E-state index contributed by atoms with van der Waals surface area (Å²) in [4.78, 5) is 44.8. The maximum atomic E-state index is 13.2. The van der Waals surface area contributed by atoms with Gasteiger partial charge in [-0.2, -0.15) is 5.10 Å². The highest BCUT2D eigenvalue weighted by Gasteiger charge is 2.47. The topological polar surface area (TPSA) is 87.9 Å². The molecular weight excluding hydrogens is 366 g/mol. The van der Waals surface area contributed by atoms with Gasteiger partial charge in [0.15, 0.2) is 5.65 Å². The van der Waals surface area contributed by atoms with Gasteiger partial charge in [-0.3, -0.25) is 19.3 Å². The van der Waals surface area contributed by atoms with E-state index in [2.05, 4.69) is 10.1 Å². The van der Waals surface area contributed by atoms with Crippen LogP contribution >= 0.6 is 11.8 Å². The van der Waals surface area contributed by atoms with Crippen LogP contribution in [0.2, 0.25) is 0 Å². The van der Waals surface area contributed by atoms with Gasteiger partial charge in [0.25, 0.3) is 5.24 Å². The van der Waals surface area contributed by atoms with Gasteiger partial charge in [0.05, 0.1) is 23.2 Å². The van der Waals surface area contributed by atoms with E-state index < -0.39 is 6.04 Å². The van der Waals surface area contributed by atoms with Gasteiger partial charge in [0.1, 0.15) is 6.04 Å². The standard InChI is InChI=1S/C18H19N5O3S/c1-9-5-15-19-7-12-13-4-3-11(6-14(12)23(15)20-9)22(13)17(25)10(2)21-16(24)8-27-18(21)26/h5,7,10-11,13H,3-4,6,8H2,1-2H3/t10-,11-,13-/m1/s1. The molecule has 2 saturated heterocycles. The Hall–Kier alpha value is -2.42. The van der Waals surface area contributed by atoms with Crippen LogP contribution in [-0.4, -0.2) is 59.3 Å². The molecule has 5 rings (SSSR count). The summed E-state index contributed by atoms with van der Waals surface area (Å²) in [5.74, 6) is -0.327. The lowest BCUT2D eigenvalue weighted by molar-refractivity contribution is -0.143. The molecule has 3 aliphatic rings. The zero-order chi connectivity index (χ0) is 18.9. The van der Waals surface area contributed by atoms with Gasteiger partial charge < -0.3 is 4.90 Å². The van der Waals surface area contributed by atoms with Crippen molar-refractivity contribution < 1.29 is 14.4 Å². The van der Waals surface area contributed by atoms with Crippen molar-refractivity contribution in [3.05, 3.63) is 29.2 Å². The van der Waals surface area contributed by atoms with Crippen LogP contribution in [0.3, 0.4) is 0 Å². The fourth-order valence-corrected chi connectivity index (χ4v) is 5.39. The van der Waals surface area contributed by atoms with Crippen molar-refractivity contribution in [1.82, 2.24) is 24.4 Å². The lowest BCUT2D eigenvalue weighted by Gasteiger charge is -2.38. The minimum atomic E-state index is -0.770. The first kappa shape index (κ1) is 16.7. The minimum Gasteiger partial charge on any atom is -0.330 e. The maximum Gasteiger partial charge on any atom is 0.289 e. The predicted molar refractivity (Wildman–Crippen MR) is 98.2 cm³/mol. The molecule has 3 aliphatic heterocycles. The Kier molecular flexibility index (Phi) is 3.59. The normalized spacial score (nSPS) is 25.4. The van der Waals surface area contributed by atoms with Crippen molar-refractivity contribution in [2.24, 2.45) is 0 Å². The Labute approximate surface area is 159 Å². The fraction of sp³-hybridized carbons (Fsp3) is 0.500. The molecule has 0 unspecified atom stereocenters. The SMILES string of the molecule is Cc1cc2ncc3c(n2n1)C[C@H]1CC[C@H]3N1C(=O)[C@@H](C)N1C(=O)CSC1=O. The van der Waals surface area contributed by atoms with E-state index in [9.17, 15) is 14.4 Å². The molecule has 0 aliphatic carbocycles. The number of carbonyl (C=O) groups excluding carboxylic acids is 3. The van der Waals surface area contributed by atoms with Gasteiger partial charge in [-0.05, 0) is 26.7 Å². The Balaban J connectivity index is 1.51. The highest BCUT2D eigenvalue weighted by atomic mass is 32.2. The van der Waals surface area contributed by atoms with Gasteiger partial charge in [-0.1, -0.05) is 11.8 Å². The van der Waals surface area contributed by atoms with Gasteiger partial charge in [0.2, 0.25) is 11.8 Å². The molecule has 0 radical (unpaired) electrons. The first-order valence-corrected chi connectivity index (χ1v) is 10.1. The first-order chi connectivity index (χ1) is 13.0. The summed E-state index contributed by atoms with van der Waals surface area (Å²) in [7, 11) is 0. The number of nitrogens with zero attached hydrogens (tertiary/aromatic N) is 5. The van der Waals surface area contributed by atoms with Crippen LogP contribution in [-0.2, 0) is 16.0 Å². The van der Waals surface area contributed by atoms with Crippen molar-refractivity contribution in [1.29, 1.82) is 0 Å². The number of aryl methyl sites for hydroxylation is 1. The van der Waals surface area contributed by atoms with E-state index in [0.29, 0.717) is 6.42 Å². The highest BCUT2D eigenvalue weighted by molar-refractivity contribution is 8.14. The van der Waals surface area contributed by atoms with Crippen molar-refractivity contribution in [3.8, 4) is 0 Å². The molecule has 0 spiro atoms.